The molecule has 0 bridgehead atoms. The van der Waals surface area contributed by atoms with Crippen LogP contribution in [0.25, 0.3) is 11.0 Å². The van der Waals surface area contributed by atoms with E-state index in [0.29, 0.717) is 22.7 Å². The third-order valence-corrected chi connectivity index (χ3v) is 6.37. The van der Waals surface area contributed by atoms with E-state index in [4.69, 9.17) is 20.8 Å². The molecule has 29 heavy (non-hydrogen) atoms. The van der Waals surface area contributed by atoms with Gasteiger partial charge < -0.3 is 19.0 Å². The molecule has 2 aliphatic heterocycles. The number of benzene rings is 1. The number of fused-ring (bicyclic) bond motifs is 2. The number of aryl methyl sites for hydroxylation is 1. The van der Waals surface area contributed by atoms with E-state index in [2.05, 4.69) is 0 Å². The Kier molecular flexibility index (Phi) is 5.02. The first-order chi connectivity index (χ1) is 13.8. The Bertz CT molecular complexity index is 1060. The van der Waals surface area contributed by atoms with Crippen LogP contribution in [-0.4, -0.2) is 53.4 Å². The monoisotopic (exact) mass is 418 g/mol. The van der Waals surface area contributed by atoms with E-state index in [1.165, 1.54) is 6.07 Å². The van der Waals surface area contributed by atoms with Crippen LogP contribution in [-0.2, 0) is 9.59 Å². The lowest BCUT2D eigenvalue weighted by atomic mass is 10.1. The lowest BCUT2D eigenvalue weighted by molar-refractivity contribution is -0.153. The molecule has 0 aliphatic carbocycles. The van der Waals surface area contributed by atoms with Gasteiger partial charge in [0.15, 0.2) is 6.61 Å². The Morgan fingerprint density at radius 1 is 1.28 bits per heavy atom. The molecule has 0 saturated carbocycles. The molecule has 8 heteroatoms. The molecule has 1 aromatic heterocycles. The molecule has 2 aliphatic rings. The number of carbonyl (C=O) groups is 2. The van der Waals surface area contributed by atoms with Gasteiger partial charge in [-0.1, -0.05) is 11.6 Å². The Balaban J connectivity index is 1.52. The Morgan fingerprint density at radius 2 is 2.03 bits per heavy atom. The topological polar surface area (TPSA) is 80.1 Å². The number of nitrogens with zero attached hydrogens (tertiary/aromatic N) is 2. The van der Waals surface area contributed by atoms with Crippen LogP contribution in [0.3, 0.4) is 0 Å². The highest BCUT2D eigenvalue weighted by Crippen LogP contribution is 2.32. The van der Waals surface area contributed by atoms with E-state index < -0.39 is 11.7 Å². The molecular formula is C21H23ClN2O5. The zero-order valence-electron chi connectivity index (χ0n) is 16.7. The summed E-state index contributed by atoms with van der Waals surface area (Å²) in [4.78, 5) is 40.7. The number of amides is 2. The van der Waals surface area contributed by atoms with Crippen LogP contribution in [0.5, 0.6) is 5.75 Å². The molecule has 0 unspecified atom stereocenters. The number of rotatable bonds is 3. The second-order valence-electron chi connectivity index (χ2n) is 7.76. The summed E-state index contributed by atoms with van der Waals surface area (Å²) in [5, 5.41) is 1.05. The lowest BCUT2D eigenvalue weighted by Gasteiger charge is -2.41. The zero-order chi connectivity index (χ0) is 20.9. The molecule has 1 aromatic carbocycles. The van der Waals surface area contributed by atoms with Crippen molar-refractivity contribution >= 4 is 34.4 Å². The Morgan fingerprint density at radius 3 is 2.79 bits per heavy atom. The van der Waals surface area contributed by atoms with Gasteiger partial charge in [-0.05, 0) is 45.2 Å². The number of hydrogen-bond acceptors (Lipinski definition) is 5. The maximum absolute atomic E-state index is 12.8. The fourth-order valence-electron chi connectivity index (χ4n) is 4.17. The fraction of sp³-hybridized carbons (Fsp3) is 0.476. The predicted molar refractivity (Wildman–Crippen MR) is 108 cm³/mol. The third-order valence-electron chi connectivity index (χ3n) is 6.07. The van der Waals surface area contributed by atoms with E-state index in [-0.39, 0.29) is 30.2 Å². The highest BCUT2D eigenvalue weighted by Gasteiger charge is 2.42. The molecule has 0 radical (unpaired) electrons. The minimum absolute atomic E-state index is 0.0107. The van der Waals surface area contributed by atoms with Crippen LogP contribution >= 0.6 is 11.6 Å². The second kappa shape index (κ2) is 7.37. The first-order valence-corrected chi connectivity index (χ1v) is 10.1. The molecule has 2 aromatic rings. The van der Waals surface area contributed by atoms with Gasteiger partial charge in [0.25, 0.3) is 5.91 Å². The SMILES string of the molecule is Cc1c(C)c2cc(Cl)c(OCC(=O)N3C[C@H]4CCCN4C(=O)[C@@H]3C)cc2oc1=O. The molecule has 0 N–H and O–H groups in total. The molecule has 7 nitrogen and oxygen atoms in total. The van der Waals surface area contributed by atoms with Crippen LogP contribution in [0.15, 0.2) is 21.3 Å². The van der Waals surface area contributed by atoms with E-state index >= 15 is 0 Å². The Labute approximate surface area is 173 Å². The van der Waals surface area contributed by atoms with Gasteiger partial charge in [0.05, 0.1) is 5.02 Å². The van der Waals surface area contributed by atoms with Crippen LogP contribution in [0.1, 0.15) is 30.9 Å². The highest BCUT2D eigenvalue weighted by atomic mass is 35.5. The molecule has 0 spiro atoms. The summed E-state index contributed by atoms with van der Waals surface area (Å²) in [6.45, 7) is 6.32. The van der Waals surface area contributed by atoms with Crippen molar-refractivity contribution in [1.82, 2.24) is 9.80 Å². The maximum atomic E-state index is 12.8. The van der Waals surface area contributed by atoms with Gasteiger partial charge in [-0.25, -0.2) is 4.79 Å². The van der Waals surface area contributed by atoms with Crippen molar-refractivity contribution in [3.05, 3.63) is 38.7 Å². The van der Waals surface area contributed by atoms with Crippen LogP contribution in [0, 0.1) is 13.8 Å². The molecule has 2 amide bonds. The van der Waals surface area contributed by atoms with Gasteiger partial charge in [0.1, 0.15) is 17.4 Å². The van der Waals surface area contributed by atoms with E-state index in [1.54, 1.807) is 24.8 Å². The van der Waals surface area contributed by atoms with Gasteiger partial charge in [-0.3, -0.25) is 9.59 Å². The predicted octanol–water partition coefficient (Wildman–Crippen LogP) is 2.66. The van der Waals surface area contributed by atoms with Gasteiger partial charge in [0.2, 0.25) is 5.91 Å². The van der Waals surface area contributed by atoms with Crippen molar-refractivity contribution in [3.63, 3.8) is 0 Å². The van der Waals surface area contributed by atoms with Crippen molar-refractivity contribution in [2.75, 3.05) is 19.7 Å². The number of carbonyl (C=O) groups excluding carboxylic acids is 2. The van der Waals surface area contributed by atoms with Crippen molar-refractivity contribution in [2.45, 2.75) is 45.7 Å². The van der Waals surface area contributed by atoms with Crippen molar-refractivity contribution in [1.29, 1.82) is 0 Å². The molecule has 4 rings (SSSR count). The molecular weight excluding hydrogens is 396 g/mol. The minimum atomic E-state index is -0.504. The first-order valence-electron chi connectivity index (χ1n) is 9.74. The normalized spacial score (nSPS) is 21.6. The third kappa shape index (κ3) is 3.37. The number of ether oxygens (including phenoxy) is 1. The van der Waals surface area contributed by atoms with E-state index in [1.807, 2.05) is 11.8 Å². The van der Waals surface area contributed by atoms with Crippen LogP contribution < -0.4 is 10.4 Å². The molecule has 3 heterocycles. The highest BCUT2D eigenvalue weighted by molar-refractivity contribution is 6.32. The van der Waals surface area contributed by atoms with E-state index in [0.717, 1.165) is 30.3 Å². The average Bonchev–Trinajstić information content (AvgIpc) is 3.17. The first kappa shape index (κ1) is 19.8. The molecule has 2 saturated heterocycles. The van der Waals surface area contributed by atoms with Crippen LogP contribution in [0.2, 0.25) is 5.02 Å². The maximum Gasteiger partial charge on any atom is 0.339 e. The fourth-order valence-corrected chi connectivity index (χ4v) is 4.39. The van der Waals surface area contributed by atoms with E-state index in [9.17, 15) is 14.4 Å². The summed E-state index contributed by atoms with van der Waals surface area (Å²) in [6.07, 6.45) is 1.88. The minimum Gasteiger partial charge on any atom is -0.482 e. The summed E-state index contributed by atoms with van der Waals surface area (Å²) in [5.41, 5.74) is 1.26. The summed E-state index contributed by atoms with van der Waals surface area (Å²) >= 11 is 6.33. The molecule has 2 atom stereocenters. The van der Waals surface area contributed by atoms with Gasteiger partial charge >= 0.3 is 5.63 Å². The van der Waals surface area contributed by atoms with Gasteiger partial charge in [0, 0.05) is 36.1 Å². The molecule has 2 fully saturated rings. The van der Waals surface area contributed by atoms with Crippen molar-refractivity contribution in [3.8, 4) is 5.75 Å². The number of hydrogen-bond donors (Lipinski definition) is 0. The number of piperazine rings is 1. The van der Waals surface area contributed by atoms with Crippen LogP contribution in [0.4, 0.5) is 0 Å². The largest absolute Gasteiger partial charge is 0.482 e. The zero-order valence-corrected chi connectivity index (χ0v) is 17.4. The number of halogens is 1. The molecule has 154 valence electrons. The standard InChI is InChI=1S/C21H23ClN2O5/c1-11-12(2)21(27)29-17-8-18(16(22)7-15(11)17)28-10-19(25)24-9-14-5-4-6-23(14)20(26)13(24)3/h7-8,13-14H,4-6,9-10H2,1-3H3/t13-,14+/m0/s1. The quantitative estimate of drug-likeness (QED) is 0.716. The second-order valence-corrected chi connectivity index (χ2v) is 8.16. The smallest absolute Gasteiger partial charge is 0.339 e. The summed E-state index contributed by atoms with van der Waals surface area (Å²) in [6, 6.07) is 2.79. The van der Waals surface area contributed by atoms with Crippen molar-refractivity contribution < 1.29 is 18.7 Å². The average molecular weight is 419 g/mol. The summed E-state index contributed by atoms with van der Waals surface area (Å²) < 4.78 is 11.0. The van der Waals surface area contributed by atoms with Gasteiger partial charge in [-0.15, -0.1) is 0 Å². The van der Waals surface area contributed by atoms with Crippen molar-refractivity contribution in [2.24, 2.45) is 0 Å². The summed E-state index contributed by atoms with van der Waals surface area (Å²) in [7, 11) is 0. The van der Waals surface area contributed by atoms with Gasteiger partial charge in [-0.2, -0.15) is 0 Å². The lowest BCUT2D eigenvalue weighted by Crippen LogP contribution is -2.60. The Hall–Kier alpha value is -2.54. The summed E-state index contributed by atoms with van der Waals surface area (Å²) in [5.74, 6) is -0.0176.